The van der Waals surface area contributed by atoms with E-state index in [-0.39, 0.29) is 6.61 Å². The summed E-state index contributed by atoms with van der Waals surface area (Å²) in [5, 5.41) is 12.2. The normalized spacial score (nSPS) is 10.7. The van der Waals surface area contributed by atoms with Gasteiger partial charge >= 0.3 is 0 Å². The molecule has 0 saturated carbocycles. The molecule has 2 aromatic carbocycles. The van der Waals surface area contributed by atoms with Gasteiger partial charge in [-0.3, -0.25) is 0 Å². The van der Waals surface area contributed by atoms with Crippen molar-refractivity contribution >= 4 is 23.0 Å². The van der Waals surface area contributed by atoms with Crippen LogP contribution in [0.2, 0.25) is 0 Å². The van der Waals surface area contributed by atoms with Gasteiger partial charge in [0, 0.05) is 10.9 Å². The van der Waals surface area contributed by atoms with Crippen molar-refractivity contribution in [1.29, 1.82) is 5.26 Å². The number of nitriles is 1. The lowest BCUT2D eigenvalue weighted by Gasteiger charge is -2.02. The molecular formula is C21H14N2OS. The molecule has 1 heterocycles. The van der Waals surface area contributed by atoms with Gasteiger partial charge in [-0.2, -0.15) is 5.26 Å². The molecule has 0 amide bonds. The van der Waals surface area contributed by atoms with Crippen molar-refractivity contribution in [2.75, 3.05) is 6.61 Å². The first-order chi connectivity index (χ1) is 12.3. The van der Waals surface area contributed by atoms with Crippen LogP contribution in [-0.2, 0) is 0 Å². The molecule has 3 aromatic rings. The van der Waals surface area contributed by atoms with Gasteiger partial charge in [0.05, 0.1) is 11.3 Å². The monoisotopic (exact) mass is 342 g/mol. The van der Waals surface area contributed by atoms with E-state index in [4.69, 9.17) is 11.2 Å². The van der Waals surface area contributed by atoms with Crippen LogP contribution in [0.15, 0.2) is 60.0 Å². The summed E-state index contributed by atoms with van der Waals surface area (Å²) in [6.45, 7) is 0.236. The lowest BCUT2D eigenvalue weighted by atomic mass is 10.1. The molecule has 0 aliphatic rings. The average Bonchev–Trinajstić information content (AvgIpc) is 3.16. The van der Waals surface area contributed by atoms with Crippen LogP contribution in [-0.4, -0.2) is 11.6 Å². The molecule has 0 spiro atoms. The standard InChI is InChI=1S/C21H14N2OS/c1-2-12-24-19-10-8-16(9-11-19)13-18(14-22)21-23-20(15-25-21)17-6-4-3-5-7-17/h1,3-11,13,15H,12H2. The molecule has 0 fully saturated rings. The molecule has 0 radical (unpaired) electrons. The molecule has 1 aromatic heterocycles. The molecule has 0 atom stereocenters. The van der Waals surface area contributed by atoms with E-state index in [1.807, 2.05) is 66.1 Å². The predicted molar refractivity (Wildman–Crippen MR) is 102 cm³/mol. The summed E-state index contributed by atoms with van der Waals surface area (Å²) < 4.78 is 5.35. The van der Waals surface area contributed by atoms with Crippen LogP contribution in [0.1, 0.15) is 10.6 Å². The first-order valence-electron chi connectivity index (χ1n) is 7.59. The van der Waals surface area contributed by atoms with E-state index in [0.717, 1.165) is 16.8 Å². The lowest BCUT2D eigenvalue weighted by molar-refractivity contribution is 0.370. The summed E-state index contributed by atoms with van der Waals surface area (Å²) in [6, 6.07) is 19.6. The van der Waals surface area contributed by atoms with Crippen LogP contribution >= 0.6 is 11.3 Å². The molecule has 0 saturated heterocycles. The van der Waals surface area contributed by atoms with Crippen molar-refractivity contribution in [3.05, 3.63) is 70.5 Å². The third-order valence-electron chi connectivity index (χ3n) is 3.44. The third-order valence-corrected chi connectivity index (χ3v) is 4.31. The van der Waals surface area contributed by atoms with Gasteiger partial charge in [0.25, 0.3) is 0 Å². The summed E-state index contributed by atoms with van der Waals surface area (Å²) in [5.41, 5.74) is 3.35. The van der Waals surface area contributed by atoms with Crippen LogP contribution in [0.25, 0.3) is 22.9 Å². The molecule has 120 valence electrons. The fourth-order valence-electron chi connectivity index (χ4n) is 2.23. The zero-order valence-corrected chi connectivity index (χ0v) is 14.2. The van der Waals surface area contributed by atoms with Crippen molar-refractivity contribution in [3.8, 4) is 35.4 Å². The molecule has 25 heavy (non-hydrogen) atoms. The molecule has 0 aliphatic carbocycles. The Bertz CT molecular complexity index is 958. The summed E-state index contributed by atoms with van der Waals surface area (Å²) in [5.74, 6) is 3.13. The largest absolute Gasteiger partial charge is 0.481 e. The minimum atomic E-state index is 0.236. The minimum absolute atomic E-state index is 0.236. The zero-order chi connectivity index (χ0) is 17.5. The van der Waals surface area contributed by atoms with E-state index >= 15 is 0 Å². The Hall–Kier alpha value is -3.34. The number of hydrogen-bond donors (Lipinski definition) is 0. The van der Waals surface area contributed by atoms with E-state index in [0.29, 0.717) is 16.3 Å². The second kappa shape index (κ2) is 7.97. The van der Waals surface area contributed by atoms with Gasteiger partial charge in [-0.15, -0.1) is 17.8 Å². The molecule has 3 rings (SSSR count). The van der Waals surface area contributed by atoms with Gasteiger partial charge in [-0.05, 0) is 23.8 Å². The number of ether oxygens (including phenoxy) is 1. The third kappa shape index (κ3) is 4.14. The summed E-state index contributed by atoms with van der Waals surface area (Å²) >= 11 is 1.46. The van der Waals surface area contributed by atoms with E-state index in [1.165, 1.54) is 11.3 Å². The zero-order valence-electron chi connectivity index (χ0n) is 13.3. The Morgan fingerprint density at radius 1 is 1.16 bits per heavy atom. The first-order valence-corrected chi connectivity index (χ1v) is 8.47. The average molecular weight is 342 g/mol. The van der Waals surface area contributed by atoms with Crippen molar-refractivity contribution in [1.82, 2.24) is 4.98 Å². The van der Waals surface area contributed by atoms with Crippen molar-refractivity contribution in [3.63, 3.8) is 0 Å². The van der Waals surface area contributed by atoms with E-state index < -0.39 is 0 Å². The number of thiazole rings is 1. The lowest BCUT2D eigenvalue weighted by Crippen LogP contribution is -1.92. The second-order valence-electron chi connectivity index (χ2n) is 5.14. The number of allylic oxidation sites excluding steroid dienone is 1. The number of rotatable bonds is 5. The Morgan fingerprint density at radius 2 is 1.92 bits per heavy atom. The Labute approximate surface area is 150 Å². The van der Waals surface area contributed by atoms with Crippen LogP contribution < -0.4 is 4.74 Å². The smallest absolute Gasteiger partial charge is 0.148 e. The second-order valence-corrected chi connectivity index (χ2v) is 5.99. The summed E-state index contributed by atoms with van der Waals surface area (Å²) in [6.07, 6.45) is 6.99. The van der Waals surface area contributed by atoms with Gasteiger partial charge in [-0.1, -0.05) is 48.4 Å². The minimum Gasteiger partial charge on any atom is -0.481 e. The maximum absolute atomic E-state index is 9.49. The molecule has 0 N–H and O–H groups in total. The molecule has 4 heteroatoms. The van der Waals surface area contributed by atoms with Gasteiger partial charge < -0.3 is 4.74 Å². The van der Waals surface area contributed by atoms with Gasteiger partial charge in [-0.25, -0.2) is 4.98 Å². The van der Waals surface area contributed by atoms with Crippen LogP contribution in [0.4, 0.5) is 0 Å². The number of aromatic nitrogens is 1. The van der Waals surface area contributed by atoms with Gasteiger partial charge in [0.1, 0.15) is 23.4 Å². The van der Waals surface area contributed by atoms with Crippen LogP contribution in [0.3, 0.4) is 0 Å². The van der Waals surface area contributed by atoms with Crippen molar-refractivity contribution in [2.45, 2.75) is 0 Å². The molecule has 3 nitrogen and oxygen atoms in total. The quantitative estimate of drug-likeness (QED) is 0.490. The Kier molecular flexibility index (Phi) is 5.26. The highest BCUT2D eigenvalue weighted by Crippen LogP contribution is 2.27. The first kappa shape index (κ1) is 16.5. The fraction of sp³-hybridized carbons (Fsp3) is 0.0476. The maximum atomic E-state index is 9.49. The van der Waals surface area contributed by atoms with Crippen molar-refractivity contribution in [2.24, 2.45) is 0 Å². The van der Waals surface area contributed by atoms with Crippen LogP contribution in [0.5, 0.6) is 5.75 Å². The van der Waals surface area contributed by atoms with E-state index in [1.54, 1.807) is 0 Å². The van der Waals surface area contributed by atoms with Gasteiger partial charge in [0.2, 0.25) is 0 Å². The van der Waals surface area contributed by atoms with Crippen molar-refractivity contribution < 1.29 is 4.74 Å². The fourth-order valence-corrected chi connectivity index (χ4v) is 3.03. The molecule has 0 unspecified atom stereocenters. The maximum Gasteiger partial charge on any atom is 0.148 e. The topological polar surface area (TPSA) is 45.9 Å². The number of nitrogens with zero attached hydrogens (tertiary/aromatic N) is 2. The highest BCUT2D eigenvalue weighted by Gasteiger charge is 2.09. The highest BCUT2D eigenvalue weighted by molar-refractivity contribution is 7.11. The summed E-state index contributed by atoms with van der Waals surface area (Å²) in [4.78, 5) is 4.59. The molecular weight excluding hydrogens is 328 g/mol. The van der Waals surface area contributed by atoms with Crippen LogP contribution in [0, 0.1) is 23.7 Å². The number of hydrogen-bond acceptors (Lipinski definition) is 4. The Morgan fingerprint density at radius 3 is 2.60 bits per heavy atom. The Balaban J connectivity index is 1.83. The van der Waals surface area contributed by atoms with E-state index in [2.05, 4.69) is 17.0 Å². The number of benzene rings is 2. The number of terminal acetylenes is 1. The highest BCUT2D eigenvalue weighted by atomic mass is 32.1. The predicted octanol–water partition coefficient (Wildman–Crippen LogP) is 4.89. The van der Waals surface area contributed by atoms with Gasteiger partial charge in [0.15, 0.2) is 0 Å². The summed E-state index contributed by atoms with van der Waals surface area (Å²) in [7, 11) is 0. The SMILES string of the molecule is C#CCOc1ccc(C=C(C#N)c2nc(-c3ccccc3)cs2)cc1. The molecule has 0 bridgehead atoms. The molecule has 0 aliphatic heterocycles. The van der Waals surface area contributed by atoms with E-state index in [9.17, 15) is 5.26 Å².